The van der Waals surface area contributed by atoms with Crippen molar-refractivity contribution >= 4 is 0 Å². The summed E-state index contributed by atoms with van der Waals surface area (Å²) in [4.78, 5) is 4.30. The lowest BCUT2D eigenvalue weighted by atomic mass is 10.1. The predicted octanol–water partition coefficient (Wildman–Crippen LogP) is 0.844. The van der Waals surface area contributed by atoms with Crippen LogP contribution in [0.2, 0.25) is 0 Å². The molecule has 0 amide bonds. The summed E-state index contributed by atoms with van der Waals surface area (Å²) in [5.41, 5.74) is 0.286. The van der Waals surface area contributed by atoms with Crippen molar-refractivity contribution in [2.75, 3.05) is 13.1 Å². The SMILES string of the molecule is Cc1cnc(C23CNCC2C3)o1. The molecule has 0 radical (unpaired) electrons. The van der Waals surface area contributed by atoms with Crippen molar-refractivity contribution in [3.8, 4) is 0 Å². The summed E-state index contributed by atoms with van der Waals surface area (Å²) < 4.78 is 5.56. The number of hydrogen-bond acceptors (Lipinski definition) is 3. The molecule has 0 spiro atoms. The smallest absolute Gasteiger partial charge is 0.202 e. The van der Waals surface area contributed by atoms with Crippen molar-refractivity contribution in [1.29, 1.82) is 0 Å². The van der Waals surface area contributed by atoms with Gasteiger partial charge in [-0.2, -0.15) is 0 Å². The van der Waals surface area contributed by atoms with E-state index >= 15 is 0 Å². The van der Waals surface area contributed by atoms with Crippen LogP contribution >= 0.6 is 0 Å². The molecule has 3 nitrogen and oxygen atoms in total. The highest BCUT2D eigenvalue weighted by Crippen LogP contribution is 2.55. The number of nitrogens with one attached hydrogen (secondary N) is 1. The largest absolute Gasteiger partial charge is 0.445 e. The maximum atomic E-state index is 5.56. The molecular weight excluding hydrogens is 152 g/mol. The van der Waals surface area contributed by atoms with Crippen molar-refractivity contribution in [1.82, 2.24) is 10.3 Å². The highest BCUT2D eigenvalue weighted by molar-refractivity contribution is 5.26. The standard InChI is InChI=1S/C9H12N2O/c1-6-3-11-8(12-6)9-2-7(9)4-10-5-9/h3,7,10H,2,4-5H2,1H3. The molecule has 2 fully saturated rings. The molecule has 3 heteroatoms. The number of fused-ring (bicyclic) bond motifs is 1. The zero-order valence-electron chi connectivity index (χ0n) is 7.13. The van der Waals surface area contributed by atoms with Gasteiger partial charge in [0, 0.05) is 6.54 Å². The van der Waals surface area contributed by atoms with Gasteiger partial charge in [0.05, 0.1) is 11.6 Å². The molecule has 2 aliphatic rings. The highest BCUT2D eigenvalue weighted by atomic mass is 16.4. The van der Waals surface area contributed by atoms with E-state index in [0.717, 1.165) is 30.7 Å². The van der Waals surface area contributed by atoms with Crippen LogP contribution in [-0.2, 0) is 5.41 Å². The molecule has 2 atom stereocenters. The van der Waals surface area contributed by atoms with Crippen molar-refractivity contribution in [2.24, 2.45) is 5.92 Å². The maximum Gasteiger partial charge on any atom is 0.202 e. The van der Waals surface area contributed by atoms with Crippen LogP contribution < -0.4 is 5.32 Å². The van der Waals surface area contributed by atoms with Gasteiger partial charge in [-0.25, -0.2) is 4.98 Å². The fraction of sp³-hybridized carbons (Fsp3) is 0.667. The molecule has 1 N–H and O–H groups in total. The molecular formula is C9H12N2O. The van der Waals surface area contributed by atoms with E-state index < -0.39 is 0 Å². The first-order valence-corrected chi connectivity index (χ1v) is 4.45. The Bertz CT molecular complexity index is 320. The Morgan fingerprint density at radius 3 is 3.17 bits per heavy atom. The number of rotatable bonds is 1. The lowest BCUT2D eigenvalue weighted by molar-refractivity contribution is 0.418. The Morgan fingerprint density at radius 2 is 2.67 bits per heavy atom. The van der Waals surface area contributed by atoms with Crippen LogP contribution in [-0.4, -0.2) is 18.1 Å². The molecule has 1 aromatic rings. The molecule has 3 rings (SSSR count). The normalized spacial score (nSPS) is 38.2. The summed E-state index contributed by atoms with van der Waals surface area (Å²) in [5.74, 6) is 2.67. The minimum Gasteiger partial charge on any atom is -0.445 e. The highest BCUT2D eigenvalue weighted by Gasteiger charge is 2.61. The van der Waals surface area contributed by atoms with Crippen LogP contribution in [0.15, 0.2) is 10.6 Å². The number of oxazole rings is 1. The van der Waals surface area contributed by atoms with Gasteiger partial charge in [0.25, 0.3) is 0 Å². The van der Waals surface area contributed by atoms with Crippen LogP contribution in [0.1, 0.15) is 18.1 Å². The first kappa shape index (κ1) is 6.66. The van der Waals surface area contributed by atoms with E-state index in [0.29, 0.717) is 0 Å². The third-order valence-corrected chi connectivity index (χ3v) is 3.11. The molecule has 0 aromatic carbocycles. The van der Waals surface area contributed by atoms with Crippen LogP contribution in [0.5, 0.6) is 0 Å². The Balaban J connectivity index is 1.99. The summed E-state index contributed by atoms with van der Waals surface area (Å²) in [5, 5.41) is 3.37. The quantitative estimate of drug-likeness (QED) is 0.668. The van der Waals surface area contributed by atoms with Gasteiger partial charge in [0.2, 0.25) is 5.89 Å². The molecule has 1 saturated carbocycles. The summed E-state index contributed by atoms with van der Waals surface area (Å²) in [6.07, 6.45) is 3.08. The number of hydrogen-bond donors (Lipinski definition) is 1. The molecule has 2 heterocycles. The summed E-state index contributed by atoms with van der Waals surface area (Å²) in [7, 11) is 0. The molecule has 1 saturated heterocycles. The van der Waals surface area contributed by atoms with Gasteiger partial charge in [-0.05, 0) is 25.8 Å². The van der Waals surface area contributed by atoms with Gasteiger partial charge in [0.1, 0.15) is 5.76 Å². The van der Waals surface area contributed by atoms with E-state index in [-0.39, 0.29) is 5.41 Å². The van der Waals surface area contributed by atoms with Crippen LogP contribution in [0, 0.1) is 12.8 Å². The summed E-state index contributed by atoms with van der Waals surface area (Å²) in [6, 6.07) is 0. The Labute approximate surface area is 71.2 Å². The lowest BCUT2D eigenvalue weighted by Crippen LogP contribution is -2.19. The Kier molecular flexibility index (Phi) is 1.06. The van der Waals surface area contributed by atoms with Crippen molar-refractivity contribution in [3.63, 3.8) is 0 Å². The average Bonchev–Trinajstić information content (AvgIpc) is 2.50. The fourth-order valence-corrected chi connectivity index (χ4v) is 2.26. The number of aromatic nitrogens is 1. The van der Waals surface area contributed by atoms with E-state index in [4.69, 9.17) is 4.42 Å². The van der Waals surface area contributed by atoms with Gasteiger partial charge in [0.15, 0.2) is 0 Å². The first-order valence-electron chi connectivity index (χ1n) is 4.45. The minimum atomic E-state index is 0.286. The molecule has 1 aliphatic heterocycles. The van der Waals surface area contributed by atoms with E-state index in [2.05, 4.69) is 10.3 Å². The monoisotopic (exact) mass is 164 g/mol. The van der Waals surface area contributed by atoms with Gasteiger partial charge in [-0.3, -0.25) is 0 Å². The number of nitrogens with zero attached hydrogens (tertiary/aromatic N) is 1. The Morgan fingerprint density at radius 1 is 1.75 bits per heavy atom. The van der Waals surface area contributed by atoms with E-state index in [1.807, 2.05) is 13.1 Å². The van der Waals surface area contributed by atoms with Gasteiger partial charge in [-0.15, -0.1) is 0 Å². The number of piperidine rings is 1. The fourth-order valence-electron chi connectivity index (χ4n) is 2.26. The molecule has 0 bridgehead atoms. The topological polar surface area (TPSA) is 38.1 Å². The van der Waals surface area contributed by atoms with Gasteiger partial charge >= 0.3 is 0 Å². The third kappa shape index (κ3) is 0.672. The second-order valence-electron chi connectivity index (χ2n) is 3.96. The Hall–Kier alpha value is -0.830. The molecule has 2 unspecified atom stereocenters. The van der Waals surface area contributed by atoms with Gasteiger partial charge in [-0.1, -0.05) is 0 Å². The van der Waals surface area contributed by atoms with Crippen molar-refractivity contribution < 1.29 is 4.42 Å². The van der Waals surface area contributed by atoms with Crippen LogP contribution in [0.25, 0.3) is 0 Å². The second-order valence-corrected chi connectivity index (χ2v) is 3.96. The average molecular weight is 164 g/mol. The number of aryl methyl sites for hydroxylation is 1. The maximum absolute atomic E-state index is 5.56. The summed E-state index contributed by atoms with van der Waals surface area (Å²) >= 11 is 0. The third-order valence-electron chi connectivity index (χ3n) is 3.11. The van der Waals surface area contributed by atoms with E-state index in [9.17, 15) is 0 Å². The van der Waals surface area contributed by atoms with Crippen LogP contribution in [0.3, 0.4) is 0 Å². The molecule has 1 aromatic heterocycles. The van der Waals surface area contributed by atoms with E-state index in [1.165, 1.54) is 6.42 Å². The van der Waals surface area contributed by atoms with Gasteiger partial charge < -0.3 is 9.73 Å². The minimum absolute atomic E-state index is 0.286. The summed E-state index contributed by atoms with van der Waals surface area (Å²) in [6.45, 7) is 4.14. The first-order chi connectivity index (χ1) is 5.81. The van der Waals surface area contributed by atoms with Crippen molar-refractivity contribution in [2.45, 2.75) is 18.8 Å². The second kappa shape index (κ2) is 1.91. The zero-order valence-corrected chi connectivity index (χ0v) is 7.13. The lowest BCUT2D eigenvalue weighted by Gasteiger charge is -2.04. The molecule has 64 valence electrons. The van der Waals surface area contributed by atoms with Crippen LogP contribution in [0.4, 0.5) is 0 Å². The molecule has 12 heavy (non-hydrogen) atoms. The van der Waals surface area contributed by atoms with Crippen molar-refractivity contribution in [3.05, 3.63) is 17.8 Å². The zero-order chi connectivity index (χ0) is 8.18. The molecule has 1 aliphatic carbocycles. The predicted molar refractivity (Wildman–Crippen MR) is 43.9 cm³/mol. The van der Waals surface area contributed by atoms with E-state index in [1.54, 1.807) is 0 Å².